The summed E-state index contributed by atoms with van der Waals surface area (Å²) in [4.78, 5) is 2.31. The summed E-state index contributed by atoms with van der Waals surface area (Å²) in [6.07, 6.45) is 2.92. The van der Waals surface area contributed by atoms with Crippen LogP contribution >= 0.6 is 0 Å². The molecule has 1 aromatic rings. The minimum atomic E-state index is -0.142. The summed E-state index contributed by atoms with van der Waals surface area (Å²) in [7, 11) is 0. The number of hydrogen-bond acceptors (Lipinski definition) is 3. The van der Waals surface area contributed by atoms with E-state index in [2.05, 4.69) is 17.9 Å². The molecule has 1 saturated heterocycles. The maximum atomic E-state index is 9.98. The number of nitrogen functional groups attached to an aromatic ring is 1. The summed E-state index contributed by atoms with van der Waals surface area (Å²) >= 11 is 0. The van der Waals surface area contributed by atoms with Gasteiger partial charge in [-0.25, -0.2) is 0 Å². The van der Waals surface area contributed by atoms with Gasteiger partial charge in [-0.2, -0.15) is 0 Å². The molecule has 0 amide bonds. The molecular formula is C14H22N2O. The molecule has 0 radical (unpaired) electrons. The number of benzene rings is 1. The minimum Gasteiger partial charge on any atom is -0.397 e. The maximum absolute atomic E-state index is 9.98. The highest BCUT2D eigenvalue weighted by Crippen LogP contribution is 2.29. The van der Waals surface area contributed by atoms with Gasteiger partial charge in [0.15, 0.2) is 0 Å². The Hall–Kier alpha value is -1.22. The fraction of sp³-hybridized carbons (Fsp3) is 0.571. The van der Waals surface area contributed by atoms with E-state index in [9.17, 15) is 5.11 Å². The number of hydrogen-bond donors (Lipinski definition) is 2. The molecular weight excluding hydrogens is 212 g/mol. The molecule has 1 heterocycles. The van der Waals surface area contributed by atoms with Crippen LogP contribution in [0.1, 0.15) is 26.2 Å². The van der Waals surface area contributed by atoms with Crippen molar-refractivity contribution in [3.8, 4) is 0 Å². The highest BCUT2D eigenvalue weighted by Gasteiger charge is 2.27. The van der Waals surface area contributed by atoms with Gasteiger partial charge in [0.05, 0.1) is 17.5 Å². The second-order valence-corrected chi connectivity index (χ2v) is 4.91. The zero-order valence-electron chi connectivity index (χ0n) is 10.5. The fourth-order valence-corrected chi connectivity index (χ4v) is 2.67. The Kier molecular flexibility index (Phi) is 3.89. The Morgan fingerprint density at radius 3 is 2.88 bits per heavy atom. The topological polar surface area (TPSA) is 49.5 Å². The van der Waals surface area contributed by atoms with Crippen LogP contribution in [0, 0.1) is 5.92 Å². The lowest BCUT2D eigenvalue weighted by molar-refractivity contribution is 0.0830. The van der Waals surface area contributed by atoms with Crippen LogP contribution in [0.3, 0.4) is 0 Å². The molecule has 3 nitrogen and oxygen atoms in total. The van der Waals surface area contributed by atoms with Crippen molar-refractivity contribution in [2.45, 2.75) is 32.3 Å². The molecule has 0 saturated carbocycles. The predicted molar refractivity (Wildman–Crippen MR) is 72.1 cm³/mol. The van der Waals surface area contributed by atoms with Crippen molar-refractivity contribution in [2.24, 2.45) is 5.92 Å². The molecule has 1 aromatic carbocycles. The van der Waals surface area contributed by atoms with E-state index in [-0.39, 0.29) is 6.10 Å². The lowest BCUT2D eigenvalue weighted by atomic mass is 9.90. The van der Waals surface area contributed by atoms with E-state index in [4.69, 9.17) is 5.73 Å². The third-order valence-electron chi connectivity index (χ3n) is 3.63. The van der Waals surface area contributed by atoms with Crippen molar-refractivity contribution in [1.82, 2.24) is 0 Å². The van der Waals surface area contributed by atoms with Crippen molar-refractivity contribution in [3.63, 3.8) is 0 Å². The first-order valence-electron chi connectivity index (χ1n) is 6.50. The zero-order chi connectivity index (χ0) is 12.3. The van der Waals surface area contributed by atoms with Gasteiger partial charge in [0.25, 0.3) is 0 Å². The van der Waals surface area contributed by atoms with E-state index in [0.717, 1.165) is 43.7 Å². The summed E-state index contributed by atoms with van der Waals surface area (Å²) in [6, 6.07) is 7.98. The van der Waals surface area contributed by atoms with Crippen LogP contribution in [-0.2, 0) is 0 Å². The average Bonchev–Trinajstić information content (AvgIpc) is 2.33. The van der Waals surface area contributed by atoms with E-state index in [1.54, 1.807) is 0 Å². The second kappa shape index (κ2) is 5.41. The summed E-state index contributed by atoms with van der Waals surface area (Å²) in [5.74, 6) is 0.383. The van der Waals surface area contributed by atoms with Crippen LogP contribution in [0.2, 0.25) is 0 Å². The molecule has 2 atom stereocenters. The third-order valence-corrected chi connectivity index (χ3v) is 3.63. The molecule has 17 heavy (non-hydrogen) atoms. The van der Waals surface area contributed by atoms with Gasteiger partial charge in [-0.3, -0.25) is 0 Å². The first-order chi connectivity index (χ1) is 8.22. The number of piperidine rings is 1. The van der Waals surface area contributed by atoms with E-state index in [1.807, 2.05) is 18.2 Å². The first-order valence-corrected chi connectivity index (χ1v) is 6.50. The summed E-state index contributed by atoms with van der Waals surface area (Å²) < 4.78 is 0. The monoisotopic (exact) mass is 234 g/mol. The van der Waals surface area contributed by atoms with Crippen molar-refractivity contribution >= 4 is 11.4 Å². The third kappa shape index (κ3) is 2.72. The van der Waals surface area contributed by atoms with Crippen molar-refractivity contribution in [1.29, 1.82) is 0 Å². The van der Waals surface area contributed by atoms with Crippen LogP contribution in [0.15, 0.2) is 24.3 Å². The molecule has 0 aromatic heterocycles. The SMILES string of the molecule is CCC[C@H]1CN(c2ccccc2N)CC[C@H]1O. The second-order valence-electron chi connectivity index (χ2n) is 4.91. The van der Waals surface area contributed by atoms with E-state index in [0.29, 0.717) is 5.92 Å². The molecule has 1 aliphatic rings. The summed E-state index contributed by atoms with van der Waals surface area (Å²) in [6.45, 7) is 3.99. The standard InChI is InChI=1S/C14H22N2O/c1-2-5-11-10-16(9-8-14(11)17)13-7-4-3-6-12(13)15/h3-4,6-7,11,14,17H,2,5,8-10,15H2,1H3/t11-,14+/m0/s1. The quantitative estimate of drug-likeness (QED) is 0.789. The van der Waals surface area contributed by atoms with Crippen molar-refractivity contribution in [2.75, 3.05) is 23.7 Å². The number of nitrogens with two attached hydrogens (primary N) is 1. The highest BCUT2D eigenvalue weighted by molar-refractivity contribution is 5.67. The van der Waals surface area contributed by atoms with Crippen LogP contribution in [0.5, 0.6) is 0 Å². The minimum absolute atomic E-state index is 0.142. The molecule has 0 aliphatic carbocycles. The van der Waals surface area contributed by atoms with E-state index < -0.39 is 0 Å². The van der Waals surface area contributed by atoms with Gasteiger partial charge in [-0.05, 0) is 25.0 Å². The molecule has 0 spiro atoms. The van der Waals surface area contributed by atoms with Crippen molar-refractivity contribution < 1.29 is 5.11 Å². The van der Waals surface area contributed by atoms with Gasteiger partial charge in [-0.15, -0.1) is 0 Å². The molecule has 0 unspecified atom stereocenters. The Morgan fingerprint density at radius 1 is 1.41 bits per heavy atom. The van der Waals surface area contributed by atoms with Crippen LogP contribution < -0.4 is 10.6 Å². The van der Waals surface area contributed by atoms with E-state index in [1.165, 1.54) is 0 Å². The summed E-state index contributed by atoms with van der Waals surface area (Å²) in [5, 5.41) is 9.98. The normalized spacial score (nSPS) is 24.9. The number of anilines is 2. The highest BCUT2D eigenvalue weighted by atomic mass is 16.3. The largest absolute Gasteiger partial charge is 0.397 e. The van der Waals surface area contributed by atoms with Crippen molar-refractivity contribution in [3.05, 3.63) is 24.3 Å². The summed E-state index contributed by atoms with van der Waals surface area (Å²) in [5.41, 5.74) is 7.95. The Labute approximate surface area is 103 Å². The Morgan fingerprint density at radius 2 is 2.18 bits per heavy atom. The zero-order valence-corrected chi connectivity index (χ0v) is 10.5. The van der Waals surface area contributed by atoms with Crippen LogP contribution in [0.25, 0.3) is 0 Å². The fourth-order valence-electron chi connectivity index (χ4n) is 2.67. The first kappa shape index (κ1) is 12.2. The Balaban J connectivity index is 2.10. The number of nitrogens with zero attached hydrogens (tertiary/aromatic N) is 1. The van der Waals surface area contributed by atoms with E-state index >= 15 is 0 Å². The van der Waals surface area contributed by atoms with Crippen LogP contribution in [-0.4, -0.2) is 24.3 Å². The molecule has 3 N–H and O–H groups in total. The molecule has 1 aliphatic heterocycles. The van der Waals surface area contributed by atoms with Crippen LogP contribution in [0.4, 0.5) is 11.4 Å². The molecule has 1 fully saturated rings. The van der Waals surface area contributed by atoms with Gasteiger partial charge in [0.2, 0.25) is 0 Å². The van der Waals surface area contributed by atoms with Gasteiger partial charge >= 0.3 is 0 Å². The van der Waals surface area contributed by atoms with Gasteiger partial charge in [0.1, 0.15) is 0 Å². The van der Waals surface area contributed by atoms with Gasteiger partial charge in [-0.1, -0.05) is 25.5 Å². The number of aliphatic hydroxyl groups excluding tert-OH is 1. The average molecular weight is 234 g/mol. The van der Waals surface area contributed by atoms with Gasteiger partial charge < -0.3 is 15.7 Å². The predicted octanol–water partition coefficient (Wildman–Crippen LogP) is 2.26. The molecule has 2 rings (SSSR count). The smallest absolute Gasteiger partial charge is 0.0602 e. The lowest BCUT2D eigenvalue weighted by Gasteiger charge is -2.38. The number of aliphatic hydroxyl groups is 1. The molecule has 94 valence electrons. The molecule has 3 heteroatoms. The van der Waals surface area contributed by atoms with Gasteiger partial charge in [0, 0.05) is 19.0 Å². The molecule has 0 bridgehead atoms. The number of para-hydroxylation sites is 2. The lowest BCUT2D eigenvalue weighted by Crippen LogP contribution is -2.43. The Bertz CT molecular complexity index is 367. The number of rotatable bonds is 3. The maximum Gasteiger partial charge on any atom is 0.0602 e.